The van der Waals surface area contributed by atoms with E-state index in [-0.39, 0.29) is 5.56 Å². The van der Waals surface area contributed by atoms with E-state index >= 15 is 0 Å². The molecule has 3 rings (SSSR count). The molecule has 1 heterocycles. The average Bonchev–Trinajstić information content (AvgIpc) is 2.72. The molecule has 0 aliphatic carbocycles. The number of para-hydroxylation sites is 1. The summed E-state index contributed by atoms with van der Waals surface area (Å²) >= 11 is 0. The summed E-state index contributed by atoms with van der Waals surface area (Å²) in [5.74, 6) is 1.18. The lowest BCUT2D eigenvalue weighted by Gasteiger charge is -2.12. The Morgan fingerprint density at radius 1 is 1.07 bits per heavy atom. The fourth-order valence-corrected chi connectivity index (χ4v) is 2.60. The molecular weight excluding hydrogens is 360 g/mol. The van der Waals surface area contributed by atoms with Crippen LogP contribution in [0.5, 0.6) is 11.5 Å². The van der Waals surface area contributed by atoms with Gasteiger partial charge in [0, 0.05) is 12.7 Å². The molecule has 3 aromatic rings. The zero-order valence-electron chi connectivity index (χ0n) is 15.5. The molecule has 0 atom stereocenters. The lowest BCUT2D eigenvalue weighted by molar-refractivity contribution is 0.0698. The van der Waals surface area contributed by atoms with Crippen molar-refractivity contribution in [2.75, 3.05) is 24.9 Å². The first-order chi connectivity index (χ1) is 13.6. The molecule has 8 heteroatoms. The van der Waals surface area contributed by atoms with Gasteiger partial charge < -0.3 is 25.2 Å². The number of hydrogen-bond donors (Lipinski definition) is 3. The van der Waals surface area contributed by atoms with E-state index in [4.69, 9.17) is 9.47 Å². The number of methoxy groups -OCH3 is 2. The van der Waals surface area contributed by atoms with Crippen LogP contribution in [0.2, 0.25) is 0 Å². The van der Waals surface area contributed by atoms with Crippen LogP contribution in [0.25, 0.3) is 0 Å². The van der Waals surface area contributed by atoms with Gasteiger partial charge in [0.1, 0.15) is 5.82 Å². The molecule has 28 heavy (non-hydrogen) atoms. The van der Waals surface area contributed by atoms with Crippen molar-refractivity contribution < 1.29 is 19.4 Å². The Balaban J connectivity index is 1.71. The molecule has 0 bridgehead atoms. The van der Waals surface area contributed by atoms with Crippen molar-refractivity contribution in [2.24, 2.45) is 0 Å². The van der Waals surface area contributed by atoms with Crippen LogP contribution in [0.3, 0.4) is 0 Å². The Morgan fingerprint density at radius 3 is 2.61 bits per heavy atom. The summed E-state index contributed by atoms with van der Waals surface area (Å²) < 4.78 is 10.5. The molecule has 3 N–H and O–H groups in total. The van der Waals surface area contributed by atoms with Gasteiger partial charge in [-0.25, -0.2) is 9.78 Å². The predicted octanol–water partition coefficient (Wildman–Crippen LogP) is 3.55. The van der Waals surface area contributed by atoms with E-state index in [1.807, 2.05) is 18.2 Å². The van der Waals surface area contributed by atoms with E-state index in [0.29, 0.717) is 35.5 Å². The fraction of sp³-hybridized carbons (Fsp3) is 0.150. The number of ether oxygens (including phenoxy) is 2. The molecular formula is C20H20N4O4. The Kier molecular flexibility index (Phi) is 5.91. The van der Waals surface area contributed by atoms with Gasteiger partial charge in [0.15, 0.2) is 11.5 Å². The largest absolute Gasteiger partial charge is 0.493 e. The second kappa shape index (κ2) is 8.72. The first-order valence-corrected chi connectivity index (χ1v) is 8.48. The first kappa shape index (κ1) is 19.0. The Labute approximate surface area is 162 Å². The van der Waals surface area contributed by atoms with Gasteiger partial charge in [0.25, 0.3) is 0 Å². The van der Waals surface area contributed by atoms with Crippen molar-refractivity contribution in [1.82, 2.24) is 9.97 Å². The lowest BCUT2D eigenvalue weighted by atomic mass is 10.2. The number of nitrogens with one attached hydrogen (secondary N) is 2. The standard InChI is InChI=1S/C20H20N4O4/c1-27-16-8-7-13(11-17(16)28-2)12-22-20-21-10-9-18(24-20)23-15-6-4-3-5-14(15)19(25)26/h3-11H,12H2,1-2H3,(H,25,26)(H2,21,22,23,24). The molecule has 0 saturated carbocycles. The van der Waals surface area contributed by atoms with Crippen LogP contribution in [-0.2, 0) is 6.54 Å². The third kappa shape index (κ3) is 4.47. The number of aromatic nitrogens is 2. The second-order valence-corrected chi connectivity index (χ2v) is 5.78. The van der Waals surface area contributed by atoms with Crippen LogP contribution in [0.15, 0.2) is 54.7 Å². The van der Waals surface area contributed by atoms with Gasteiger partial charge in [-0.05, 0) is 35.9 Å². The first-order valence-electron chi connectivity index (χ1n) is 8.48. The lowest BCUT2D eigenvalue weighted by Crippen LogP contribution is -2.07. The van der Waals surface area contributed by atoms with Gasteiger partial charge in [-0.1, -0.05) is 18.2 Å². The van der Waals surface area contributed by atoms with Crippen molar-refractivity contribution in [3.05, 3.63) is 65.9 Å². The number of carboxylic acid groups (broad SMARTS) is 1. The number of benzene rings is 2. The molecule has 8 nitrogen and oxygen atoms in total. The molecule has 0 spiro atoms. The Bertz CT molecular complexity index is 978. The number of anilines is 3. The normalized spacial score (nSPS) is 10.2. The summed E-state index contributed by atoms with van der Waals surface area (Å²) in [6.45, 7) is 0.482. The predicted molar refractivity (Wildman–Crippen MR) is 106 cm³/mol. The maximum Gasteiger partial charge on any atom is 0.337 e. The number of carbonyl (C=O) groups is 1. The Morgan fingerprint density at radius 2 is 1.86 bits per heavy atom. The molecule has 0 radical (unpaired) electrons. The maximum absolute atomic E-state index is 11.3. The van der Waals surface area contributed by atoms with Crippen molar-refractivity contribution in [2.45, 2.75) is 6.54 Å². The summed E-state index contributed by atoms with van der Waals surface area (Å²) in [4.78, 5) is 19.9. The molecule has 0 unspecified atom stereocenters. The quantitative estimate of drug-likeness (QED) is 0.545. The van der Waals surface area contributed by atoms with Crippen molar-refractivity contribution in [3.63, 3.8) is 0 Å². The van der Waals surface area contributed by atoms with Gasteiger partial charge >= 0.3 is 5.97 Å². The number of aromatic carboxylic acids is 1. The van der Waals surface area contributed by atoms with Gasteiger partial charge in [-0.3, -0.25) is 0 Å². The number of rotatable bonds is 8. The van der Waals surface area contributed by atoms with Crippen LogP contribution in [0.4, 0.5) is 17.5 Å². The summed E-state index contributed by atoms with van der Waals surface area (Å²) in [5, 5.41) is 15.4. The highest BCUT2D eigenvalue weighted by molar-refractivity contribution is 5.94. The van der Waals surface area contributed by atoms with E-state index in [1.165, 1.54) is 6.07 Å². The zero-order chi connectivity index (χ0) is 19.9. The SMILES string of the molecule is COc1ccc(CNc2nccc(Nc3ccccc3C(=O)O)n2)cc1OC. The van der Waals surface area contributed by atoms with E-state index in [9.17, 15) is 9.90 Å². The van der Waals surface area contributed by atoms with Gasteiger partial charge in [0.2, 0.25) is 5.95 Å². The molecule has 1 aromatic heterocycles. The number of nitrogens with zero attached hydrogens (tertiary/aromatic N) is 2. The topological polar surface area (TPSA) is 106 Å². The minimum atomic E-state index is -1.01. The minimum Gasteiger partial charge on any atom is -0.493 e. The van der Waals surface area contributed by atoms with Crippen LogP contribution >= 0.6 is 0 Å². The highest BCUT2D eigenvalue weighted by atomic mass is 16.5. The van der Waals surface area contributed by atoms with Gasteiger partial charge in [-0.2, -0.15) is 4.98 Å². The number of carboxylic acids is 1. The Hall–Kier alpha value is -3.81. The number of hydrogen-bond acceptors (Lipinski definition) is 7. The second-order valence-electron chi connectivity index (χ2n) is 5.78. The van der Waals surface area contributed by atoms with E-state index < -0.39 is 5.97 Å². The average molecular weight is 380 g/mol. The summed E-state index contributed by atoms with van der Waals surface area (Å²) in [6, 6.07) is 13.9. The van der Waals surface area contributed by atoms with E-state index in [2.05, 4.69) is 20.6 Å². The monoisotopic (exact) mass is 380 g/mol. The molecule has 0 aliphatic rings. The smallest absolute Gasteiger partial charge is 0.337 e. The van der Waals surface area contributed by atoms with E-state index in [0.717, 1.165) is 5.56 Å². The highest BCUT2D eigenvalue weighted by Crippen LogP contribution is 2.27. The van der Waals surface area contributed by atoms with Crippen molar-refractivity contribution >= 4 is 23.4 Å². The van der Waals surface area contributed by atoms with Crippen LogP contribution in [0.1, 0.15) is 15.9 Å². The molecule has 0 amide bonds. The fourth-order valence-electron chi connectivity index (χ4n) is 2.60. The summed E-state index contributed by atoms with van der Waals surface area (Å²) in [6.07, 6.45) is 1.59. The van der Waals surface area contributed by atoms with Gasteiger partial charge in [-0.15, -0.1) is 0 Å². The van der Waals surface area contributed by atoms with Crippen molar-refractivity contribution in [3.8, 4) is 11.5 Å². The zero-order valence-corrected chi connectivity index (χ0v) is 15.5. The van der Waals surface area contributed by atoms with Gasteiger partial charge in [0.05, 0.1) is 25.5 Å². The van der Waals surface area contributed by atoms with Crippen LogP contribution < -0.4 is 20.1 Å². The van der Waals surface area contributed by atoms with Crippen molar-refractivity contribution in [1.29, 1.82) is 0 Å². The van der Waals surface area contributed by atoms with Crippen LogP contribution in [0, 0.1) is 0 Å². The summed E-state index contributed by atoms with van der Waals surface area (Å²) in [7, 11) is 3.17. The summed E-state index contributed by atoms with van der Waals surface area (Å²) in [5.41, 5.74) is 1.59. The van der Waals surface area contributed by atoms with E-state index in [1.54, 1.807) is 44.7 Å². The van der Waals surface area contributed by atoms with Crippen LogP contribution in [-0.4, -0.2) is 35.3 Å². The molecule has 0 aliphatic heterocycles. The third-order valence-corrected chi connectivity index (χ3v) is 3.97. The minimum absolute atomic E-state index is 0.168. The molecule has 2 aromatic carbocycles. The third-order valence-electron chi connectivity index (χ3n) is 3.97. The highest BCUT2D eigenvalue weighted by Gasteiger charge is 2.10. The maximum atomic E-state index is 11.3. The molecule has 144 valence electrons. The molecule has 0 fully saturated rings. The molecule has 0 saturated heterocycles.